The standard InChI is InChI=1S/C21H34N6O.HI/c1-6-22-20(24-15-21(4,28)17-12-25-27(5)14-17)23-13-19(16(2)3)26-18-10-8-7-9-11-18;/h7-12,14,16,19,26,28H,6,13,15H2,1-5H3,(H2,22,23,24);1H. The zero-order valence-electron chi connectivity index (χ0n) is 18.0. The van der Waals surface area contributed by atoms with Gasteiger partial charge in [0.15, 0.2) is 5.96 Å². The van der Waals surface area contributed by atoms with E-state index in [-0.39, 0.29) is 36.6 Å². The highest BCUT2D eigenvalue weighted by molar-refractivity contribution is 14.0. The normalized spacial score (nSPS) is 14.7. The van der Waals surface area contributed by atoms with Gasteiger partial charge in [0.1, 0.15) is 5.60 Å². The Morgan fingerprint density at radius 2 is 1.93 bits per heavy atom. The van der Waals surface area contributed by atoms with Crippen LogP contribution in [0, 0.1) is 5.92 Å². The van der Waals surface area contributed by atoms with Crippen molar-refractivity contribution in [2.24, 2.45) is 18.0 Å². The molecule has 0 fully saturated rings. The fourth-order valence-corrected chi connectivity index (χ4v) is 2.77. The van der Waals surface area contributed by atoms with Gasteiger partial charge in [-0.3, -0.25) is 4.68 Å². The number of nitrogens with zero attached hydrogens (tertiary/aromatic N) is 3. The van der Waals surface area contributed by atoms with E-state index < -0.39 is 5.60 Å². The Balaban J connectivity index is 0.00000420. The monoisotopic (exact) mass is 514 g/mol. The molecule has 0 aliphatic carbocycles. The van der Waals surface area contributed by atoms with Crippen LogP contribution in [0.5, 0.6) is 0 Å². The fraction of sp³-hybridized carbons (Fsp3) is 0.524. The van der Waals surface area contributed by atoms with Crippen molar-refractivity contribution >= 4 is 35.6 Å². The van der Waals surface area contributed by atoms with E-state index in [1.54, 1.807) is 17.8 Å². The number of nitrogens with one attached hydrogen (secondary N) is 3. The number of halogens is 1. The summed E-state index contributed by atoms with van der Waals surface area (Å²) in [6.45, 7) is 9.88. The Kier molecular flexibility index (Phi) is 10.5. The van der Waals surface area contributed by atoms with Crippen LogP contribution in [0.2, 0.25) is 0 Å². The highest BCUT2D eigenvalue weighted by Crippen LogP contribution is 2.19. The molecule has 0 aliphatic heterocycles. The van der Waals surface area contributed by atoms with Gasteiger partial charge in [-0.05, 0) is 31.9 Å². The number of benzene rings is 1. The average molecular weight is 514 g/mol. The maximum Gasteiger partial charge on any atom is 0.191 e. The van der Waals surface area contributed by atoms with Gasteiger partial charge in [-0.1, -0.05) is 32.0 Å². The van der Waals surface area contributed by atoms with E-state index in [0.29, 0.717) is 18.4 Å². The molecule has 0 bridgehead atoms. The fourth-order valence-electron chi connectivity index (χ4n) is 2.77. The lowest BCUT2D eigenvalue weighted by Gasteiger charge is -2.25. The molecule has 0 aliphatic rings. The number of hydrogen-bond donors (Lipinski definition) is 4. The summed E-state index contributed by atoms with van der Waals surface area (Å²) < 4.78 is 1.68. The summed E-state index contributed by atoms with van der Waals surface area (Å²) >= 11 is 0. The molecule has 2 aromatic rings. The molecule has 2 unspecified atom stereocenters. The van der Waals surface area contributed by atoms with Crippen LogP contribution in [0.25, 0.3) is 0 Å². The van der Waals surface area contributed by atoms with Crippen molar-refractivity contribution in [3.05, 3.63) is 48.3 Å². The van der Waals surface area contributed by atoms with E-state index in [1.165, 1.54) is 0 Å². The predicted octanol–water partition coefficient (Wildman–Crippen LogP) is 2.94. The van der Waals surface area contributed by atoms with Gasteiger partial charge in [0.05, 0.1) is 12.7 Å². The molecule has 162 valence electrons. The molecule has 1 aromatic heterocycles. The third-order valence-electron chi connectivity index (χ3n) is 4.64. The molecular weight excluding hydrogens is 479 g/mol. The first kappa shape index (κ1) is 25.2. The summed E-state index contributed by atoms with van der Waals surface area (Å²) in [5, 5.41) is 25.1. The Morgan fingerprint density at radius 3 is 2.48 bits per heavy atom. The molecule has 4 N–H and O–H groups in total. The van der Waals surface area contributed by atoms with Crippen molar-refractivity contribution in [2.75, 3.05) is 25.0 Å². The largest absolute Gasteiger partial charge is 0.383 e. The molecule has 29 heavy (non-hydrogen) atoms. The summed E-state index contributed by atoms with van der Waals surface area (Å²) in [6.07, 6.45) is 3.49. The number of guanidine groups is 1. The van der Waals surface area contributed by atoms with Gasteiger partial charge in [0, 0.05) is 43.6 Å². The van der Waals surface area contributed by atoms with E-state index in [0.717, 1.165) is 17.8 Å². The van der Waals surface area contributed by atoms with Gasteiger partial charge in [-0.25, -0.2) is 4.99 Å². The van der Waals surface area contributed by atoms with Crippen LogP contribution in [-0.4, -0.2) is 46.5 Å². The second-order valence-corrected chi connectivity index (χ2v) is 7.61. The molecule has 2 atom stereocenters. The Morgan fingerprint density at radius 1 is 1.24 bits per heavy atom. The minimum atomic E-state index is -1.07. The van der Waals surface area contributed by atoms with Crippen LogP contribution in [0.15, 0.2) is 47.7 Å². The number of anilines is 1. The van der Waals surface area contributed by atoms with Gasteiger partial charge in [0.25, 0.3) is 0 Å². The highest BCUT2D eigenvalue weighted by Gasteiger charge is 2.24. The van der Waals surface area contributed by atoms with Gasteiger partial charge in [-0.2, -0.15) is 5.10 Å². The number of rotatable bonds is 9. The molecule has 0 amide bonds. The van der Waals surface area contributed by atoms with Crippen LogP contribution in [0.4, 0.5) is 5.69 Å². The second-order valence-electron chi connectivity index (χ2n) is 7.61. The lowest BCUT2D eigenvalue weighted by molar-refractivity contribution is 0.0672. The van der Waals surface area contributed by atoms with E-state index in [4.69, 9.17) is 0 Å². The van der Waals surface area contributed by atoms with E-state index in [9.17, 15) is 5.11 Å². The molecule has 0 saturated carbocycles. The number of aliphatic imine (C=N–C) groups is 1. The van der Waals surface area contributed by atoms with Gasteiger partial charge < -0.3 is 21.1 Å². The highest BCUT2D eigenvalue weighted by atomic mass is 127. The molecule has 8 heteroatoms. The third-order valence-corrected chi connectivity index (χ3v) is 4.64. The lowest BCUT2D eigenvalue weighted by atomic mass is 10.0. The topological polar surface area (TPSA) is 86.5 Å². The maximum atomic E-state index is 10.7. The smallest absolute Gasteiger partial charge is 0.191 e. The number of hydrogen-bond acceptors (Lipinski definition) is 4. The number of aliphatic hydroxyl groups is 1. The Hall–Kier alpha value is -1.81. The van der Waals surface area contributed by atoms with Crippen LogP contribution in [0.3, 0.4) is 0 Å². The first-order valence-corrected chi connectivity index (χ1v) is 9.87. The quantitative estimate of drug-likeness (QED) is 0.235. The maximum absolute atomic E-state index is 10.7. The average Bonchev–Trinajstić information content (AvgIpc) is 3.11. The van der Waals surface area contributed by atoms with Gasteiger partial charge in [0.2, 0.25) is 0 Å². The molecule has 0 radical (unpaired) electrons. The molecule has 7 nitrogen and oxygen atoms in total. The van der Waals surface area contributed by atoms with Crippen molar-refractivity contribution in [1.82, 2.24) is 20.4 Å². The number of aryl methyl sites for hydroxylation is 1. The molecule has 0 saturated heterocycles. The minimum absolute atomic E-state index is 0. The van der Waals surface area contributed by atoms with Crippen LogP contribution in [-0.2, 0) is 12.6 Å². The zero-order chi connectivity index (χ0) is 20.6. The van der Waals surface area contributed by atoms with E-state index in [2.05, 4.69) is 52.0 Å². The van der Waals surface area contributed by atoms with Gasteiger partial charge in [-0.15, -0.1) is 24.0 Å². The SMILES string of the molecule is CCNC(=NCC(C)(O)c1cnn(C)c1)NCC(Nc1ccccc1)C(C)C.I. The lowest BCUT2D eigenvalue weighted by Crippen LogP contribution is -2.45. The summed E-state index contributed by atoms with van der Waals surface area (Å²) in [5.74, 6) is 1.13. The van der Waals surface area contributed by atoms with Crippen molar-refractivity contribution in [3.8, 4) is 0 Å². The molecular formula is C21H35IN6O. The molecule has 2 rings (SSSR count). The van der Waals surface area contributed by atoms with Gasteiger partial charge >= 0.3 is 0 Å². The Bertz CT molecular complexity index is 745. The summed E-state index contributed by atoms with van der Waals surface area (Å²) in [7, 11) is 1.83. The number of aromatic nitrogens is 2. The predicted molar refractivity (Wildman–Crippen MR) is 131 cm³/mol. The third kappa shape index (κ3) is 8.22. The van der Waals surface area contributed by atoms with Crippen LogP contribution < -0.4 is 16.0 Å². The summed E-state index contributed by atoms with van der Waals surface area (Å²) in [5.41, 5.74) is 0.779. The summed E-state index contributed by atoms with van der Waals surface area (Å²) in [6, 6.07) is 10.4. The van der Waals surface area contributed by atoms with E-state index >= 15 is 0 Å². The second kappa shape index (κ2) is 12.0. The summed E-state index contributed by atoms with van der Waals surface area (Å²) in [4.78, 5) is 4.59. The molecule has 0 spiro atoms. The Labute approximate surface area is 191 Å². The first-order valence-electron chi connectivity index (χ1n) is 9.87. The van der Waals surface area contributed by atoms with Crippen LogP contribution in [0.1, 0.15) is 33.3 Å². The first-order chi connectivity index (χ1) is 13.3. The minimum Gasteiger partial charge on any atom is -0.383 e. The van der Waals surface area contributed by atoms with Crippen molar-refractivity contribution in [3.63, 3.8) is 0 Å². The molecule has 1 aromatic carbocycles. The van der Waals surface area contributed by atoms with E-state index in [1.807, 2.05) is 38.4 Å². The number of para-hydroxylation sites is 1. The van der Waals surface area contributed by atoms with Crippen LogP contribution >= 0.6 is 24.0 Å². The van der Waals surface area contributed by atoms with Crippen molar-refractivity contribution in [2.45, 2.75) is 39.3 Å². The molecule has 1 heterocycles. The van der Waals surface area contributed by atoms with Crippen molar-refractivity contribution in [1.29, 1.82) is 0 Å². The zero-order valence-corrected chi connectivity index (χ0v) is 20.3. The van der Waals surface area contributed by atoms with Crippen molar-refractivity contribution < 1.29 is 5.11 Å².